The third kappa shape index (κ3) is 3.52. The van der Waals surface area contributed by atoms with Crippen molar-refractivity contribution in [2.24, 2.45) is 35.0 Å². The summed E-state index contributed by atoms with van der Waals surface area (Å²) >= 11 is 0. The van der Waals surface area contributed by atoms with E-state index in [-0.39, 0.29) is 0 Å². The van der Waals surface area contributed by atoms with Crippen molar-refractivity contribution in [3.63, 3.8) is 0 Å². The molecule has 0 aromatic heterocycles. The van der Waals surface area contributed by atoms with Crippen LogP contribution in [0.3, 0.4) is 0 Å². The van der Waals surface area contributed by atoms with Crippen molar-refractivity contribution in [3.05, 3.63) is 24.3 Å². The highest BCUT2D eigenvalue weighted by atomic mass is 14.5. The summed E-state index contributed by atoms with van der Waals surface area (Å²) in [6.45, 7) is 20.5. The molecule has 6 unspecified atom stereocenters. The molecule has 0 nitrogen and oxygen atoms in total. The molecule has 2 saturated carbocycles. The van der Waals surface area contributed by atoms with Crippen LogP contribution in [0.25, 0.3) is 0 Å². The SMILES string of the molecule is C=C(C)C(=C)CC1(CC)CC(C)CC1C1CC(C)CCC1C. The van der Waals surface area contributed by atoms with Gasteiger partial charge in [0.05, 0.1) is 0 Å². The van der Waals surface area contributed by atoms with E-state index in [2.05, 4.69) is 47.8 Å². The first-order valence-corrected chi connectivity index (χ1v) is 9.62. The van der Waals surface area contributed by atoms with E-state index in [1.807, 2.05) is 0 Å². The summed E-state index contributed by atoms with van der Waals surface area (Å²) in [5, 5.41) is 0. The summed E-state index contributed by atoms with van der Waals surface area (Å²) < 4.78 is 0. The fraction of sp³-hybridized carbons (Fsp3) is 0.818. The maximum atomic E-state index is 4.35. The molecule has 0 saturated heterocycles. The Morgan fingerprint density at radius 2 is 1.73 bits per heavy atom. The van der Waals surface area contributed by atoms with Gasteiger partial charge in [-0.2, -0.15) is 0 Å². The molecule has 2 aliphatic carbocycles. The summed E-state index contributed by atoms with van der Waals surface area (Å²) in [4.78, 5) is 0. The Kier molecular flexibility index (Phi) is 5.62. The Morgan fingerprint density at radius 1 is 1.05 bits per heavy atom. The number of hydrogen-bond donors (Lipinski definition) is 0. The van der Waals surface area contributed by atoms with Crippen molar-refractivity contribution in [2.75, 3.05) is 0 Å². The second-order valence-electron chi connectivity index (χ2n) is 8.99. The monoisotopic (exact) mass is 302 g/mol. The van der Waals surface area contributed by atoms with Crippen molar-refractivity contribution in [1.29, 1.82) is 0 Å². The van der Waals surface area contributed by atoms with Crippen LogP contribution in [0.2, 0.25) is 0 Å². The molecule has 2 aliphatic rings. The van der Waals surface area contributed by atoms with Gasteiger partial charge >= 0.3 is 0 Å². The van der Waals surface area contributed by atoms with Crippen LogP contribution < -0.4 is 0 Å². The maximum Gasteiger partial charge on any atom is -0.0223 e. The van der Waals surface area contributed by atoms with Crippen LogP contribution in [-0.4, -0.2) is 0 Å². The van der Waals surface area contributed by atoms with Crippen molar-refractivity contribution in [2.45, 2.75) is 79.6 Å². The number of allylic oxidation sites excluding steroid dienone is 2. The molecule has 0 aliphatic heterocycles. The molecular weight excluding hydrogens is 264 g/mol. The third-order valence-corrected chi connectivity index (χ3v) is 7.11. The first-order valence-electron chi connectivity index (χ1n) is 9.62. The van der Waals surface area contributed by atoms with Gasteiger partial charge < -0.3 is 0 Å². The quantitative estimate of drug-likeness (QED) is 0.478. The lowest BCUT2D eigenvalue weighted by atomic mass is 9.60. The van der Waals surface area contributed by atoms with Gasteiger partial charge in [0, 0.05) is 0 Å². The molecule has 0 amide bonds. The van der Waals surface area contributed by atoms with Gasteiger partial charge in [-0.1, -0.05) is 64.8 Å². The smallest absolute Gasteiger partial charge is 0.0223 e. The predicted molar refractivity (Wildman–Crippen MR) is 98.9 cm³/mol. The van der Waals surface area contributed by atoms with Gasteiger partial charge in [-0.05, 0) is 74.0 Å². The number of hydrogen-bond acceptors (Lipinski definition) is 0. The highest BCUT2D eigenvalue weighted by Gasteiger charge is 2.49. The molecule has 2 fully saturated rings. The summed E-state index contributed by atoms with van der Waals surface area (Å²) in [5.41, 5.74) is 2.99. The molecule has 2 rings (SSSR count). The Labute approximate surface area is 139 Å². The highest BCUT2D eigenvalue weighted by Crippen LogP contribution is 2.58. The molecule has 6 atom stereocenters. The molecule has 126 valence electrons. The van der Waals surface area contributed by atoms with Gasteiger partial charge in [0.15, 0.2) is 0 Å². The van der Waals surface area contributed by atoms with Crippen LogP contribution in [0.1, 0.15) is 79.6 Å². The zero-order valence-electron chi connectivity index (χ0n) is 15.8. The molecule has 0 aromatic rings. The summed E-state index contributed by atoms with van der Waals surface area (Å²) in [7, 11) is 0. The van der Waals surface area contributed by atoms with E-state index in [4.69, 9.17) is 0 Å². The Balaban J connectivity index is 2.25. The normalized spacial score (nSPS) is 42.3. The average molecular weight is 303 g/mol. The molecule has 0 N–H and O–H groups in total. The van der Waals surface area contributed by atoms with Gasteiger partial charge in [0.25, 0.3) is 0 Å². The van der Waals surface area contributed by atoms with E-state index >= 15 is 0 Å². The van der Waals surface area contributed by atoms with Crippen molar-refractivity contribution >= 4 is 0 Å². The van der Waals surface area contributed by atoms with Gasteiger partial charge in [-0.25, -0.2) is 0 Å². The standard InChI is InChI=1S/C22H38/c1-8-22(14-19(7)15(2)3)13-17(5)12-21(22)20-11-16(4)9-10-18(20)6/h16-18,20-21H,2,7-14H2,1,3-6H3. The van der Waals surface area contributed by atoms with E-state index in [1.165, 1.54) is 56.1 Å². The zero-order valence-corrected chi connectivity index (χ0v) is 15.8. The van der Waals surface area contributed by atoms with Gasteiger partial charge in [-0.3, -0.25) is 0 Å². The lowest BCUT2D eigenvalue weighted by molar-refractivity contribution is 0.0537. The fourth-order valence-electron chi connectivity index (χ4n) is 5.69. The largest absolute Gasteiger partial charge is 0.0959 e. The van der Waals surface area contributed by atoms with Gasteiger partial charge in [0.2, 0.25) is 0 Å². The minimum atomic E-state index is 0.492. The van der Waals surface area contributed by atoms with E-state index in [9.17, 15) is 0 Å². The van der Waals surface area contributed by atoms with Crippen LogP contribution in [0.4, 0.5) is 0 Å². The van der Waals surface area contributed by atoms with Crippen molar-refractivity contribution < 1.29 is 0 Å². The van der Waals surface area contributed by atoms with Crippen LogP contribution in [-0.2, 0) is 0 Å². The molecule has 0 bridgehead atoms. The first-order chi connectivity index (χ1) is 10.3. The van der Waals surface area contributed by atoms with Crippen LogP contribution >= 0.6 is 0 Å². The maximum absolute atomic E-state index is 4.35. The molecule has 0 heteroatoms. The summed E-state index contributed by atoms with van der Waals surface area (Å²) in [5.74, 6) is 4.56. The molecule has 0 spiro atoms. The van der Waals surface area contributed by atoms with E-state index in [1.54, 1.807) is 0 Å². The Morgan fingerprint density at radius 3 is 2.32 bits per heavy atom. The average Bonchev–Trinajstić information content (AvgIpc) is 2.78. The predicted octanol–water partition coefficient (Wildman–Crippen LogP) is 7.02. The van der Waals surface area contributed by atoms with Crippen LogP contribution in [0, 0.1) is 35.0 Å². The van der Waals surface area contributed by atoms with Crippen molar-refractivity contribution in [3.8, 4) is 0 Å². The van der Waals surface area contributed by atoms with E-state index in [0.717, 1.165) is 29.6 Å². The molecule has 0 aromatic carbocycles. The number of rotatable bonds is 5. The lowest BCUT2D eigenvalue weighted by Crippen LogP contribution is -2.37. The van der Waals surface area contributed by atoms with Gasteiger partial charge in [0.1, 0.15) is 0 Å². The minimum Gasteiger partial charge on any atom is -0.0959 e. The topological polar surface area (TPSA) is 0 Å². The van der Waals surface area contributed by atoms with Crippen molar-refractivity contribution in [1.82, 2.24) is 0 Å². The van der Waals surface area contributed by atoms with Crippen LogP contribution in [0.5, 0.6) is 0 Å². The Bertz CT molecular complexity index is 418. The molecular formula is C22H38. The van der Waals surface area contributed by atoms with E-state index < -0.39 is 0 Å². The third-order valence-electron chi connectivity index (χ3n) is 7.11. The lowest BCUT2D eigenvalue weighted by Gasteiger charge is -2.45. The molecule has 0 heterocycles. The summed E-state index contributed by atoms with van der Waals surface area (Å²) in [6, 6.07) is 0. The first kappa shape index (κ1) is 17.8. The summed E-state index contributed by atoms with van der Waals surface area (Å²) in [6.07, 6.45) is 9.68. The van der Waals surface area contributed by atoms with Crippen LogP contribution in [0.15, 0.2) is 24.3 Å². The van der Waals surface area contributed by atoms with Gasteiger partial charge in [-0.15, -0.1) is 0 Å². The van der Waals surface area contributed by atoms with E-state index in [0.29, 0.717) is 5.41 Å². The Hall–Kier alpha value is -0.520. The second kappa shape index (κ2) is 6.93. The second-order valence-corrected chi connectivity index (χ2v) is 8.99. The molecule has 0 radical (unpaired) electrons. The highest BCUT2D eigenvalue weighted by molar-refractivity contribution is 5.25. The fourth-order valence-corrected chi connectivity index (χ4v) is 5.69. The minimum absolute atomic E-state index is 0.492. The zero-order chi connectivity index (χ0) is 16.5. The molecule has 22 heavy (non-hydrogen) atoms.